The molecule has 0 saturated heterocycles. The van der Waals surface area contributed by atoms with E-state index < -0.39 is 0 Å². The number of guanidine groups is 1. The Bertz CT molecular complexity index is 561. The predicted octanol–water partition coefficient (Wildman–Crippen LogP) is 2.87. The predicted molar refractivity (Wildman–Crippen MR) is 88.7 cm³/mol. The van der Waals surface area contributed by atoms with Gasteiger partial charge in [-0.1, -0.05) is 43.5 Å². The van der Waals surface area contributed by atoms with Crippen molar-refractivity contribution < 1.29 is 4.79 Å². The van der Waals surface area contributed by atoms with Gasteiger partial charge in [-0.3, -0.25) is 10.1 Å². The van der Waals surface area contributed by atoms with Crippen LogP contribution in [0.4, 0.5) is 0 Å². The summed E-state index contributed by atoms with van der Waals surface area (Å²) in [4.78, 5) is 18.7. The fraction of sp³-hybridized carbons (Fsp3) is 0.556. The summed E-state index contributed by atoms with van der Waals surface area (Å²) in [5.74, 6) is 0.738. The Labute approximate surface area is 132 Å². The first kappa shape index (κ1) is 15.1. The van der Waals surface area contributed by atoms with E-state index in [1.165, 1.54) is 30.4 Å². The highest BCUT2D eigenvalue weighted by molar-refractivity contribution is 5.96. The Morgan fingerprint density at radius 1 is 1.18 bits per heavy atom. The zero-order valence-corrected chi connectivity index (χ0v) is 13.3. The molecule has 0 radical (unpaired) electrons. The summed E-state index contributed by atoms with van der Waals surface area (Å²) in [5.41, 5.74) is 2.76. The zero-order valence-electron chi connectivity index (χ0n) is 13.3. The second-order valence-electron chi connectivity index (χ2n) is 6.37. The van der Waals surface area contributed by atoms with Gasteiger partial charge in [-0.2, -0.15) is 0 Å². The van der Waals surface area contributed by atoms with Crippen LogP contribution in [0.25, 0.3) is 0 Å². The summed E-state index contributed by atoms with van der Waals surface area (Å²) in [5, 5.41) is 2.96. The van der Waals surface area contributed by atoms with Gasteiger partial charge in [0, 0.05) is 20.0 Å². The molecule has 0 unspecified atom stereocenters. The van der Waals surface area contributed by atoms with Crippen LogP contribution in [-0.4, -0.2) is 29.4 Å². The minimum Gasteiger partial charge on any atom is -0.338 e. The quantitative estimate of drug-likeness (QED) is 0.640. The Hall–Kier alpha value is -1.84. The standard InChI is InChI=1S/C18H25N3O/c1-14(22)19-18(20-17-9-3-2-4-10-17)21-12-11-15-7-5-6-8-16(15)13-21/h5-8,17H,2-4,9-13H2,1H3,(H,19,20,22). The van der Waals surface area contributed by atoms with E-state index in [9.17, 15) is 4.79 Å². The van der Waals surface area contributed by atoms with Gasteiger partial charge < -0.3 is 4.90 Å². The maximum atomic E-state index is 11.6. The van der Waals surface area contributed by atoms with Crippen molar-refractivity contribution in [1.82, 2.24) is 10.2 Å². The van der Waals surface area contributed by atoms with E-state index in [0.717, 1.165) is 38.3 Å². The summed E-state index contributed by atoms with van der Waals surface area (Å²) in [6, 6.07) is 8.92. The van der Waals surface area contributed by atoms with Crippen LogP contribution in [0.15, 0.2) is 29.3 Å². The number of hydrogen-bond acceptors (Lipinski definition) is 2. The second-order valence-corrected chi connectivity index (χ2v) is 6.37. The number of rotatable bonds is 1. The molecule has 1 aliphatic heterocycles. The van der Waals surface area contributed by atoms with Crippen molar-refractivity contribution in [3.8, 4) is 0 Å². The summed E-state index contributed by atoms with van der Waals surface area (Å²) in [6.45, 7) is 3.32. The molecule has 1 amide bonds. The van der Waals surface area contributed by atoms with Crippen LogP contribution in [0.1, 0.15) is 50.2 Å². The van der Waals surface area contributed by atoms with Crippen LogP contribution >= 0.6 is 0 Å². The summed E-state index contributed by atoms with van der Waals surface area (Å²) in [6.07, 6.45) is 7.13. The van der Waals surface area contributed by atoms with Gasteiger partial charge in [0.15, 0.2) is 0 Å². The first-order valence-electron chi connectivity index (χ1n) is 8.39. The molecule has 4 nitrogen and oxygen atoms in total. The molecule has 22 heavy (non-hydrogen) atoms. The molecule has 1 aromatic rings. The van der Waals surface area contributed by atoms with Gasteiger partial charge in [-0.15, -0.1) is 0 Å². The molecule has 0 spiro atoms. The van der Waals surface area contributed by atoms with Gasteiger partial charge >= 0.3 is 0 Å². The van der Waals surface area contributed by atoms with E-state index in [0.29, 0.717) is 6.04 Å². The topological polar surface area (TPSA) is 44.7 Å². The van der Waals surface area contributed by atoms with Crippen molar-refractivity contribution in [1.29, 1.82) is 0 Å². The Balaban J connectivity index is 1.77. The molecule has 1 saturated carbocycles. The van der Waals surface area contributed by atoms with E-state index in [1.54, 1.807) is 6.92 Å². The number of aliphatic imine (C=N–C) groups is 1. The number of fused-ring (bicyclic) bond motifs is 1. The molecule has 3 rings (SSSR count). The maximum Gasteiger partial charge on any atom is 0.223 e. The normalized spacial score (nSPS) is 19.7. The van der Waals surface area contributed by atoms with E-state index in [1.807, 2.05) is 0 Å². The van der Waals surface area contributed by atoms with Gasteiger partial charge in [0.2, 0.25) is 11.9 Å². The molecule has 0 atom stereocenters. The van der Waals surface area contributed by atoms with E-state index in [-0.39, 0.29) is 5.91 Å². The van der Waals surface area contributed by atoms with Crippen LogP contribution in [-0.2, 0) is 17.8 Å². The van der Waals surface area contributed by atoms with Gasteiger partial charge in [0.25, 0.3) is 0 Å². The highest BCUT2D eigenvalue weighted by Gasteiger charge is 2.21. The second kappa shape index (κ2) is 6.95. The molecular weight excluding hydrogens is 274 g/mol. The third-order valence-electron chi connectivity index (χ3n) is 4.60. The summed E-state index contributed by atoms with van der Waals surface area (Å²) < 4.78 is 0. The van der Waals surface area contributed by atoms with Crippen LogP contribution in [0.5, 0.6) is 0 Å². The van der Waals surface area contributed by atoms with Crippen molar-refractivity contribution >= 4 is 11.9 Å². The van der Waals surface area contributed by atoms with Crippen molar-refractivity contribution in [2.24, 2.45) is 4.99 Å². The summed E-state index contributed by atoms with van der Waals surface area (Å²) >= 11 is 0. The van der Waals surface area contributed by atoms with E-state index >= 15 is 0 Å². The number of nitrogens with one attached hydrogen (secondary N) is 1. The zero-order chi connectivity index (χ0) is 15.4. The molecule has 0 aromatic heterocycles. The number of nitrogens with zero attached hydrogens (tertiary/aromatic N) is 2. The minimum atomic E-state index is -0.0339. The number of carbonyl (C=O) groups is 1. The lowest BCUT2D eigenvalue weighted by molar-refractivity contribution is -0.117. The van der Waals surface area contributed by atoms with Gasteiger partial charge in [-0.25, -0.2) is 4.99 Å². The monoisotopic (exact) mass is 299 g/mol. The molecule has 1 aliphatic carbocycles. The highest BCUT2D eigenvalue weighted by atomic mass is 16.1. The van der Waals surface area contributed by atoms with Crippen molar-refractivity contribution in [2.45, 2.75) is 58.0 Å². The SMILES string of the molecule is CC(=O)NC(=NC1CCCCC1)N1CCc2ccccc2C1. The molecule has 1 aromatic carbocycles. The number of hydrogen-bond donors (Lipinski definition) is 1. The first-order valence-corrected chi connectivity index (χ1v) is 8.39. The molecule has 2 aliphatic rings. The Morgan fingerprint density at radius 2 is 1.91 bits per heavy atom. The number of benzene rings is 1. The number of carbonyl (C=O) groups excluding carboxylic acids is 1. The molecule has 4 heteroatoms. The minimum absolute atomic E-state index is 0.0339. The molecule has 118 valence electrons. The van der Waals surface area contributed by atoms with E-state index in [4.69, 9.17) is 4.99 Å². The van der Waals surface area contributed by atoms with Gasteiger partial charge in [0.1, 0.15) is 0 Å². The van der Waals surface area contributed by atoms with Crippen LogP contribution < -0.4 is 5.32 Å². The van der Waals surface area contributed by atoms with Gasteiger partial charge in [-0.05, 0) is 30.4 Å². The summed E-state index contributed by atoms with van der Waals surface area (Å²) in [7, 11) is 0. The van der Waals surface area contributed by atoms with Crippen LogP contribution in [0.2, 0.25) is 0 Å². The Kier molecular flexibility index (Phi) is 4.76. The third kappa shape index (κ3) is 3.67. The third-order valence-corrected chi connectivity index (χ3v) is 4.60. The molecule has 1 fully saturated rings. The largest absolute Gasteiger partial charge is 0.338 e. The molecule has 0 bridgehead atoms. The highest BCUT2D eigenvalue weighted by Crippen LogP contribution is 2.22. The lowest BCUT2D eigenvalue weighted by Gasteiger charge is -2.32. The lowest BCUT2D eigenvalue weighted by Crippen LogP contribution is -2.46. The van der Waals surface area contributed by atoms with Crippen LogP contribution in [0.3, 0.4) is 0 Å². The first-order chi connectivity index (χ1) is 10.7. The smallest absolute Gasteiger partial charge is 0.223 e. The number of amides is 1. The fourth-order valence-corrected chi connectivity index (χ4v) is 3.41. The van der Waals surface area contributed by atoms with Gasteiger partial charge in [0.05, 0.1) is 6.04 Å². The van der Waals surface area contributed by atoms with Crippen molar-refractivity contribution in [2.75, 3.05) is 6.54 Å². The van der Waals surface area contributed by atoms with Crippen LogP contribution in [0, 0.1) is 0 Å². The average Bonchev–Trinajstić information content (AvgIpc) is 2.54. The molecular formula is C18H25N3O. The average molecular weight is 299 g/mol. The molecule has 1 heterocycles. The fourth-order valence-electron chi connectivity index (χ4n) is 3.41. The van der Waals surface area contributed by atoms with Crippen molar-refractivity contribution in [3.63, 3.8) is 0 Å². The van der Waals surface area contributed by atoms with E-state index in [2.05, 4.69) is 34.5 Å². The van der Waals surface area contributed by atoms with Crippen molar-refractivity contribution in [3.05, 3.63) is 35.4 Å². The Morgan fingerprint density at radius 3 is 2.64 bits per heavy atom. The molecule has 1 N–H and O–H groups in total. The lowest BCUT2D eigenvalue weighted by atomic mass is 9.96. The maximum absolute atomic E-state index is 11.6.